The summed E-state index contributed by atoms with van der Waals surface area (Å²) in [6.45, 7) is 0.848. The van der Waals surface area contributed by atoms with Crippen molar-refractivity contribution in [1.29, 1.82) is 0 Å². The van der Waals surface area contributed by atoms with E-state index in [1.54, 1.807) is 14.1 Å². The number of hydrogen-bond donors (Lipinski definition) is 1. The zero-order valence-corrected chi connectivity index (χ0v) is 12.9. The number of nitrogens with zero attached hydrogens (tertiary/aromatic N) is 1. The Labute approximate surface area is 122 Å². The summed E-state index contributed by atoms with van der Waals surface area (Å²) < 4.78 is 6.64. The van der Waals surface area contributed by atoms with Gasteiger partial charge in [-0.1, -0.05) is 15.9 Å². The van der Waals surface area contributed by atoms with Crippen molar-refractivity contribution in [1.82, 2.24) is 10.2 Å². The highest BCUT2D eigenvalue weighted by Gasteiger charge is 2.20. The molecule has 0 unspecified atom stereocenters. The van der Waals surface area contributed by atoms with Crippen LogP contribution in [-0.2, 0) is 11.3 Å². The SMILES string of the molecule is CN(C)C(=O)COc1ccc(Br)cc1CNC1CC1. The first kappa shape index (κ1) is 14.3. The lowest BCUT2D eigenvalue weighted by Gasteiger charge is -2.14. The second-order valence-corrected chi connectivity index (χ2v) is 5.90. The van der Waals surface area contributed by atoms with Gasteiger partial charge in [0.25, 0.3) is 5.91 Å². The van der Waals surface area contributed by atoms with Crippen molar-refractivity contribution < 1.29 is 9.53 Å². The number of amides is 1. The van der Waals surface area contributed by atoms with Gasteiger partial charge in [0, 0.05) is 36.7 Å². The van der Waals surface area contributed by atoms with E-state index in [9.17, 15) is 4.79 Å². The highest BCUT2D eigenvalue weighted by Crippen LogP contribution is 2.25. The van der Waals surface area contributed by atoms with Gasteiger partial charge in [0.05, 0.1) is 0 Å². The molecular formula is C14H19BrN2O2. The molecule has 4 nitrogen and oxygen atoms in total. The van der Waals surface area contributed by atoms with E-state index >= 15 is 0 Å². The summed E-state index contributed by atoms with van der Waals surface area (Å²) in [6.07, 6.45) is 2.51. The van der Waals surface area contributed by atoms with Gasteiger partial charge in [-0.15, -0.1) is 0 Å². The molecule has 0 atom stereocenters. The van der Waals surface area contributed by atoms with Crippen LogP contribution in [0.2, 0.25) is 0 Å². The van der Waals surface area contributed by atoms with E-state index in [4.69, 9.17) is 4.74 Å². The second-order valence-electron chi connectivity index (χ2n) is 4.98. The molecule has 0 heterocycles. The first-order chi connectivity index (χ1) is 9.06. The van der Waals surface area contributed by atoms with Crippen LogP contribution in [0.1, 0.15) is 18.4 Å². The minimum atomic E-state index is -0.0379. The zero-order valence-electron chi connectivity index (χ0n) is 11.3. The van der Waals surface area contributed by atoms with Crippen molar-refractivity contribution in [3.05, 3.63) is 28.2 Å². The normalized spacial score (nSPS) is 14.3. The lowest BCUT2D eigenvalue weighted by Crippen LogP contribution is -2.28. The molecule has 1 saturated carbocycles. The molecule has 104 valence electrons. The summed E-state index contributed by atoms with van der Waals surface area (Å²) in [6, 6.07) is 6.51. The molecule has 2 rings (SSSR count). The summed E-state index contributed by atoms with van der Waals surface area (Å²) in [5, 5.41) is 3.45. The largest absolute Gasteiger partial charge is 0.483 e. The topological polar surface area (TPSA) is 41.6 Å². The fourth-order valence-electron chi connectivity index (χ4n) is 1.64. The molecule has 0 radical (unpaired) electrons. The average molecular weight is 327 g/mol. The molecule has 1 aromatic carbocycles. The van der Waals surface area contributed by atoms with Crippen LogP contribution in [0.5, 0.6) is 5.75 Å². The van der Waals surface area contributed by atoms with Gasteiger partial charge in [-0.3, -0.25) is 4.79 Å². The summed E-state index contributed by atoms with van der Waals surface area (Å²) >= 11 is 3.46. The third-order valence-electron chi connectivity index (χ3n) is 3.03. The Bertz CT molecular complexity index is 459. The standard InChI is InChI=1S/C14H19BrN2O2/c1-17(2)14(18)9-19-13-6-3-11(15)7-10(13)8-16-12-4-5-12/h3,6-7,12,16H,4-5,8-9H2,1-2H3. The molecule has 1 N–H and O–H groups in total. The van der Waals surface area contributed by atoms with Gasteiger partial charge < -0.3 is 15.0 Å². The van der Waals surface area contributed by atoms with Gasteiger partial charge in [0.1, 0.15) is 5.75 Å². The number of carbonyl (C=O) groups is 1. The highest BCUT2D eigenvalue weighted by molar-refractivity contribution is 9.10. The Kier molecular flexibility index (Phi) is 4.82. The van der Waals surface area contributed by atoms with Crippen LogP contribution in [0.4, 0.5) is 0 Å². The fraction of sp³-hybridized carbons (Fsp3) is 0.500. The lowest BCUT2D eigenvalue weighted by molar-refractivity contribution is -0.130. The minimum Gasteiger partial charge on any atom is -0.483 e. The number of rotatable bonds is 6. The number of halogens is 1. The Morgan fingerprint density at radius 1 is 1.47 bits per heavy atom. The fourth-order valence-corrected chi connectivity index (χ4v) is 2.05. The first-order valence-electron chi connectivity index (χ1n) is 6.41. The molecule has 1 fully saturated rings. The highest BCUT2D eigenvalue weighted by atomic mass is 79.9. The monoisotopic (exact) mass is 326 g/mol. The molecule has 0 bridgehead atoms. The molecule has 1 amide bonds. The van der Waals surface area contributed by atoms with E-state index in [0.29, 0.717) is 6.04 Å². The van der Waals surface area contributed by atoms with E-state index in [2.05, 4.69) is 21.2 Å². The number of nitrogens with one attached hydrogen (secondary N) is 1. The van der Waals surface area contributed by atoms with Crippen molar-refractivity contribution in [3.8, 4) is 5.75 Å². The van der Waals surface area contributed by atoms with Gasteiger partial charge >= 0.3 is 0 Å². The van der Waals surface area contributed by atoms with Gasteiger partial charge in [-0.05, 0) is 31.0 Å². The quantitative estimate of drug-likeness (QED) is 0.871. The van der Waals surface area contributed by atoms with Crippen molar-refractivity contribution in [2.75, 3.05) is 20.7 Å². The molecule has 5 heteroatoms. The zero-order chi connectivity index (χ0) is 13.8. The van der Waals surface area contributed by atoms with E-state index in [-0.39, 0.29) is 12.5 Å². The van der Waals surface area contributed by atoms with Crippen LogP contribution >= 0.6 is 15.9 Å². The molecule has 0 aromatic heterocycles. The number of benzene rings is 1. The van der Waals surface area contributed by atoms with Crippen LogP contribution < -0.4 is 10.1 Å². The summed E-state index contributed by atoms with van der Waals surface area (Å²) in [5.41, 5.74) is 1.08. The van der Waals surface area contributed by atoms with Gasteiger partial charge in [-0.2, -0.15) is 0 Å². The number of hydrogen-bond acceptors (Lipinski definition) is 3. The second kappa shape index (κ2) is 6.39. The van der Waals surface area contributed by atoms with E-state index < -0.39 is 0 Å². The van der Waals surface area contributed by atoms with E-state index in [0.717, 1.165) is 22.3 Å². The lowest BCUT2D eigenvalue weighted by atomic mass is 10.2. The molecule has 0 spiro atoms. The van der Waals surface area contributed by atoms with Crippen LogP contribution in [0.3, 0.4) is 0 Å². The molecule has 0 saturated heterocycles. The summed E-state index contributed by atoms with van der Waals surface area (Å²) in [5.74, 6) is 0.732. The average Bonchev–Trinajstić information content (AvgIpc) is 3.18. The third-order valence-corrected chi connectivity index (χ3v) is 3.52. The molecule has 1 aromatic rings. The smallest absolute Gasteiger partial charge is 0.259 e. The van der Waals surface area contributed by atoms with E-state index in [1.165, 1.54) is 17.7 Å². The summed E-state index contributed by atoms with van der Waals surface area (Å²) in [7, 11) is 3.45. The predicted molar refractivity (Wildman–Crippen MR) is 78.2 cm³/mol. The Balaban J connectivity index is 1.98. The number of ether oxygens (including phenoxy) is 1. The van der Waals surface area contributed by atoms with Crippen LogP contribution in [0, 0.1) is 0 Å². The summed E-state index contributed by atoms with van der Waals surface area (Å²) in [4.78, 5) is 13.1. The third kappa shape index (κ3) is 4.51. The maximum atomic E-state index is 11.5. The Hall–Kier alpha value is -1.07. The van der Waals surface area contributed by atoms with Gasteiger partial charge in [-0.25, -0.2) is 0 Å². The van der Waals surface area contributed by atoms with Gasteiger partial charge in [0.2, 0.25) is 0 Å². The molecular weight excluding hydrogens is 308 g/mol. The van der Waals surface area contributed by atoms with E-state index in [1.807, 2.05) is 18.2 Å². The Morgan fingerprint density at radius 2 is 2.21 bits per heavy atom. The van der Waals surface area contributed by atoms with Crippen LogP contribution in [0.25, 0.3) is 0 Å². The van der Waals surface area contributed by atoms with Crippen LogP contribution in [-0.4, -0.2) is 37.6 Å². The molecule has 1 aliphatic carbocycles. The molecule has 0 aliphatic heterocycles. The maximum Gasteiger partial charge on any atom is 0.259 e. The predicted octanol–water partition coefficient (Wildman–Crippen LogP) is 2.17. The first-order valence-corrected chi connectivity index (χ1v) is 7.20. The minimum absolute atomic E-state index is 0.0379. The van der Waals surface area contributed by atoms with Crippen molar-refractivity contribution >= 4 is 21.8 Å². The van der Waals surface area contributed by atoms with Crippen molar-refractivity contribution in [3.63, 3.8) is 0 Å². The molecule has 1 aliphatic rings. The Morgan fingerprint density at radius 3 is 2.84 bits per heavy atom. The molecule has 19 heavy (non-hydrogen) atoms. The van der Waals surface area contributed by atoms with Gasteiger partial charge in [0.15, 0.2) is 6.61 Å². The van der Waals surface area contributed by atoms with Crippen molar-refractivity contribution in [2.24, 2.45) is 0 Å². The van der Waals surface area contributed by atoms with Crippen LogP contribution in [0.15, 0.2) is 22.7 Å². The number of likely N-dealkylation sites (N-methyl/N-ethyl adjacent to an activating group) is 1. The number of carbonyl (C=O) groups excluding carboxylic acids is 1. The van der Waals surface area contributed by atoms with Crippen molar-refractivity contribution in [2.45, 2.75) is 25.4 Å². The maximum absolute atomic E-state index is 11.5.